The van der Waals surface area contributed by atoms with Gasteiger partial charge in [-0.3, -0.25) is 4.79 Å². The summed E-state index contributed by atoms with van der Waals surface area (Å²) in [4.78, 5) is 11.1. The predicted molar refractivity (Wildman–Crippen MR) is 69.1 cm³/mol. The van der Waals surface area contributed by atoms with Crippen molar-refractivity contribution < 1.29 is 9.53 Å². The zero-order valence-corrected chi connectivity index (χ0v) is 10.3. The minimum absolute atomic E-state index is 0.0922. The van der Waals surface area contributed by atoms with Gasteiger partial charge in [-0.25, -0.2) is 0 Å². The maximum Gasteiger partial charge on any atom is 0.234 e. The second-order valence-electron chi connectivity index (χ2n) is 3.35. The van der Waals surface area contributed by atoms with Crippen LogP contribution in [0.25, 0.3) is 0 Å². The molecule has 0 bridgehead atoms. The lowest BCUT2D eigenvalue weighted by Gasteiger charge is -2.05. The average molecular weight is 239 g/mol. The number of ether oxygens (including phenoxy) is 1. The first-order chi connectivity index (χ1) is 7.76. The fraction of sp³-hybridized carbons (Fsp3) is 0.417. The summed E-state index contributed by atoms with van der Waals surface area (Å²) in [6.45, 7) is 3.46. The lowest BCUT2D eigenvalue weighted by atomic mass is 10.1. The largest absolute Gasteiger partial charge is 0.381 e. The Morgan fingerprint density at radius 2 is 2.06 bits per heavy atom. The Kier molecular flexibility index (Phi) is 5.96. The van der Waals surface area contributed by atoms with E-state index < -0.39 is 0 Å². The summed E-state index contributed by atoms with van der Waals surface area (Å²) in [5, 5.41) is 2.74. The number of thiol groups is 1. The first kappa shape index (κ1) is 13.1. The highest BCUT2D eigenvalue weighted by Gasteiger charge is 1.99. The molecule has 0 saturated carbocycles. The third kappa shape index (κ3) is 4.68. The summed E-state index contributed by atoms with van der Waals surface area (Å²) in [7, 11) is 0. The van der Waals surface area contributed by atoms with Crippen molar-refractivity contribution in [2.45, 2.75) is 13.3 Å². The smallest absolute Gasteiger partial charge is 0.234 e. The van der Waals surface area contributed by atoms with Crippen LogP contribution in [-0.4, -0.2) is 24.9 Å². The van der Waals surface area contributed by atoms with Crippen molar-refractivity contribution in [3.05, 3.63) is 29.8 Å². The molecule has 1 rings (SSSR count). The standard InChI is InChI=1S/C12H17NO2S/c1-2-15-8-7-10-3-5-11(6-4-10)13-12(14)9-16/h3-6,16H,2,7-9H2,1H3,(H,13,14). The van der Waals surface area contributed by atoms with E-state index in [-0.39, 0.29) is 11.7 Å². The van der Waals surface area contributed by atoms with Crippen LogP contribution in [0.5, 0.6) is 0 Å². The van der Waals surface area contributed by atoms with Gasteiger partial charge in [-0.05, 0) is 31.0 Å². The molecule has 0 fully saturated rings. The summed E-state index contributed by atoms with van der Waals surface area (Å²) in [5.41, 5.74) is 2.01. The number of hydrogen-bond donors (Lipinski definition) is 2. The summed E-state index contributed by atoms with van der Waals surface area (Å²) in [5.74, 6) is 0.108. The minimum Gasteiger partial charge on any atom is -0.381 e. The van der Waals surface area contributed by atoms with E-state index in [4.69, 9.17) is 4.74 Å². The van der Waals surface area contributed by atoms with Crippen molar-refractivity contribution in [3.8, 4) is 0 Å². The molecule has 1 N–H and O–H groups in total. The van der Waals surface area contributed by atoms with Crippen LogP contribution >= 0.6 is 12.6 Å². The monoisotopic (exact) mass is 239 g/mol. The van der Waals surface area contributed by atoms with E-state index in [1.807, 2.05) is 31.2 Å². The molecule has 0 aromatic heterocycles. The van der Waals surface area contributed by atoms with E-state index in [2.05, 4.69) is 17.9 Å². The van der Waals surface area contributed by atoms with Crippen LogP contribution in [0.4, 0.5) is 5.69 Å². The van der Waals surface area contributed by atoms with Gasteiger partial charge in [-0.1, -0.05) is 12.1 Å². The Bertz CT molecular complexity index is 324. The molecule has 1 amide bonds. The van der Waals surface area contributed by atoms with Gasteiger partial charge in [-0.2, -0.15) is 12.6 Å². The van der Waals surface area contributed by atoms with Crippen molar-refractivity contribution in [3.63, 3.8) is 0 Å². The highest BCUT2D eigenvalue weighted by Crippen LogP contribution is 2.10. The normalized spacial score (nSPS) is 10.1. The van der Waals surface area contributed by atoms with Crippen molar-refractivity contribution in [2.24, 2.45) is 0 Å². The number of anilines is 1. The summed E-state index contributed by atoms with van der Waals surface area (Å²) >= 11 is 3.89. The maximum absolute atomic E-state index is 11.1. The number of carbonyl (C=O) groups is 1. The number of carbonyl (C=O) groups excluding carboxylic acids is 1. The Balaban J connectivity index is 2.44. The molecule has 0 aliphatic rings. The third-order valence-corrected chi connectivity index (χ3v) is 2.41. The lowest BCUT2D eigenvalue weighted by molar-refractivity contribution is -0.113. The Morgan fingerprint density at radius 3 is 2.62 bits per heavy atom. The Hall–Kier alpha value is -1.00. The van der Waals surface area contributed by atoms with E-state index in [1.165, 1.54) is 5.56 Å². The molecule has 0 aliphatic carbocycles. The van der Waals surface area contributed by atoms with Crippen LogP contribution in [0.2, 0.25) is 0 Å². The summed E-state index contributed by atoms with van der Waals surface area (Å²) < 4.78 is 5.27. The van der Waals surface area contributed by atoms with Crippen LogP contribution < -0.4 is 5.32 Å². The van der Waals surface area contributed by atoms with E-state index in [9.17, 15) is 4.79 Å². The third-order valence-electron chi connectivity index (χ3n) is 2.12. The number of nitrogens with one attached hydrogen (secondary N) is 1. The zero-order chi connectivity index (χ0) is 11.8. The molecule has 3 nitrogen and oxygen atoms in total. The number of hydrogen-bond acceptors (Lipinski definition) is 3. The Morgan fingerprint density at radius 1 is 1.38 bits per heavy atom. The first-order valence-corrected chi connectivity index (χ1v) is 5.97. The molecule has 4 heteroatoms. The van der Waals surface area contributed by atoms with E-state index in [1.54, 1.807) is 0 Å². The van der Waals surface area contributed by atoms with E-state index in [0.717, 1.165) is 25.3 Å². The quantitative estimate of drug-likeness (QED) is 0.589. The number of rotatable bonds is 6. The average Bonchev–Trinajstić information content (AvgIpc) is 2.31. The predicted octanol–water partition coefficient (Wildman–Crippen LogP) is 2.13. The SMILES string of the molecule is CCOCCc1ccc(NC(=O)CS)cc1. The van der Waals surface area contributed by atoms with Gasteiger partial charge in [-0.15, -0.1) is 0 Å². The molecule has 1 aromatic carbocycles. The summed E-state index contributed by atoms with van der Waals surface area (Å²) in [6.07, 6.45) is 0.897. The van der Waals surface area contributed by atoms with Crippen LogP contribution in [-0.2, 0) is 16.0 Å². The number of benzene rings is 1. The topological polar surface area (TPSA) is 38.3 Å². The molecule has 1 aromatic rings. The molecular formula is C12H17NO2S. The van der Waals surface area contributed by atoms with Gasteiger partial charge < -0.3 is 10.1 Å². The zero-order valence-electron chi connectivity index (χ0n) is 9.40. The van der Waals surface area contributed by atoms with Gasteiger partial charge in [0.05, 0.1) is 12.4 Å². The second-order valence-corrected chi connectivity index (χ2v) is 3.67. The van der Waals surface area contributed by atoms with Gasteiger partial charge in [0.25, 0.3) is 0 Å². The van der Waals surface area contributed by atoms with E-state index >= 15 is 0 Å². The minimum atomic E-state index is -0.0922. The molecule has 0 aliphatic heterocycles. The molecule has 88 valence electrons. The molecule has 0 unspecified atom stereocenters. The van der Waals surface area contributed by atoms with Gasteiger partial charge in [0, 0.05) is 12.3 Å². The molecular weight excluding hydrogens is 222 g/mol. The molecule has 16 heavy (non-hydrogen) atoms. The van der Waals surface area contributed by atoms with Gasteiger partial charge >= 0.3 is 0 Å². The first-order valence-electron chi connectivity index (χ1n) is 5.33. The molecule has 0 radical (unpaired) electrons. The fourth-order valence-electron chi connectivity index (χ4n) is 1.29. The summed E-state index contributed by atoms with van der Waals surface area (Å²) in [6, 6.07) is 7.77. The van der Waals surface area contributed by atoms with Gasteiger partial charge in [0.15, 0.2) is 0 Å². The van der Waals surface area contributed by atoms with Crippen LogP contribution in [0.1, 0.15) is 12.5 Å². The molecule has 0 heterocycles. The highest BCUT2D eigenvalue weighted by atomic mass is 32.1. The van der Waals surface area contributed by atoms with E-state index in [0.29, 0.717) is 0 Å². The molecule has 0 saturated heterocycles. The lowest BCUT2D eigenvalue weighted by Crippen LogP contribution is -2.12. The van der Waals surface area contributed by atoms with Crippen molar-refractivity contribution in [1.82, 2.24) is 0 Å². The molecule has 0 atom stereocenters. The van der Waals surface area contributed by atoms with Crippen LogP contribution in [0.3, 0.4) is 0 Å². The Labute approximate surface area is 102 Å². The van der Waals surface area contributed by atoms with Crippen molar-refractivity contribution in [1.29, 1.82) is 0 Å². The fourth-order valence-corrected chi connectivity index (χ4v) is 1.37. The maximum atomic E-state index is 11.1. The van der Waals surface area contributed by atoms with Crippen molar-refractivity contribution in [2.75, 3.05) is 24.3 Å². The second kappa shape index (κ2) is 7.30. The van der Waals surface area contributed by atoms with Crippen molar-refractivity contribution >= 4 is 24.2 Å². The highest BCUT2D eigenvalue weighted by molar-refractivity contribution is 7.81. The molecule has 0 spiro atoms. The van der Waals surface area contributed by atoms with Crippen LogP contribution in [0, 0.1) is 0 Å². The van der Waals surface area contributed by atoms with Gasteiger partial charge in [0.2, 0.25) is 5.91 Å². The number of amides is 1. The van der Waals surface area contributed by atoms with Crippen LogP contribution in [0.15, 0.2) is 24.3 Å². The van der Waals surface area contributed by atoms with Gasteiger partial charge in [0.1, 0.15) is 0 Å².